The highest BCUT2D eigenvalue weighted by atomic mass is 16.2. The van der Waals surface area contributed by atoms with Gasteiger partial charge in [-0.1, -0.05) is 35.9 Å². The molecule has 1 amide bonds. The molecule has 4 aromatic rings. The summed E-state index contributed by atoms with van der Waals surface area (Å²) in [7, 11) is 0. The molecule has 0 aliphatic rings. The molecule has 7 nitrogen and oxygen atoms in total. The van der Waals surface area contributed by atoms with Gasteiger partial charge in [0.2, 0.25) is 5.91 Å². The Balaban J connectivity index is 1.56. The fraction of sp³-hybridized carbons (Fsp3) is 0.250. The molecule has 0 aliphatic carbocycles. The van der Waals surface area contributed by atoms with Crippen LogP contribution in [-0.4, -0.2) is 31.8 Å². The minimum atomic E-state index is -0.199. The second kappa shape index (κ2) is 8.55. The zero-order valence-corrected chi connectivity index (χ0v) is 17.9. The maximum Gasteiger partial charge on any atom is 0.264 e. The Hall–Kier alpha value is -3.74. The molecule has 0 radical (unpaired) electrons. The molecule has 0 spiro atoms. The van der Waals surface area contributed by atoms with Gasteiger partial charge in [0.25, 0.3) is 5.56 Å². The molecule has 4 rings (SSSR count). The summed E-state index contributed by atoms with van der Waals surface area (Å²) in [6.45, 7) is 6.78. The molecule has 0 bridgehead atoms. The lowest BCUT2D eigenvalue weighted by molar-refractivity contribution is -0.118. The minimum Gasteiger partial charge on any atom is -0.312 e. The van der Waals surface area contributed by atoms with E-state index < -0.39 is 0 Å². The number of aryl methyl sites for hydroxylation is 3. The quantitative estimate of drug-likeness (QED) is 0.482. The maximum absolute atomic E-state index is 12.9. The third-order valence-corrected chi connectivity index (χ3v) is 5.42. The largest absolute Gasteiger partial charge is 0.312 e. The number of anilines is 1. The van der Waals surface area contributed by atoms with E-state index in [-0.39, 0.29) is 24.4 Å². The Kier molecular flexibility index (Phi) is 5.66. The van der Waals surface area contributed by atoms with E-state index in [0.29, 0.717) is 17.6 Å². The number of nitrogens with zero attached hydrogens (tertiary/aromatic N) is 5. The van der Waals surface area contributed by atoms with Crippen molar-refractivity contribution in [2.75, 3.05) is 11.4 Å². The minimum absolute atomic E-state index is 0.0286. The molecule has 2 aromatic carbocycles. The lowest BCUT2D eigenvalue weighted by atomic mass is 10.1. The zero-order chi connectivity index (χ0) is 22.0. The first-order valence-corrected chi connectivity index (χ1v) is 10.4. The van der Waals surface area contributed by atoms with E-state index in [2.05, 4.69) is 10.1 Å². The van der Waals surface area contributed by atoms with Crippen LogP contribution in [0.2, 0.25) is 0 Å². The Morgan fingerprint density at radius 2 is 1.81 bits per heavy atom. The average Bonchev–Trinajstić information content (AvgIpc) is 3.20. The topological polar surface area (TPSA) is 73.0 Å². The number of benzene rings is 2. The molecule has 0 unspecified atom stereocenters. The molecular weight excluding hydrogens is 390 g/mol. The summed E-state index contributed by atoms with van der Waals surface area (Å²) in [6.07, 6.45) is 3.24. The third kappa shape index (κ3) is 3.99. The summed E-state index contributed by atoms with van der Waals surface area (Å²) in [4.78, 5) is 32.0. The predicted octanol–water partition coefficient (Wildman–Crippen LogP) is 3.64. The van der Waals surface area contributed by atoms with E-state index in [9.17, 15) is 9.59 Å². The zero-order valence-electron chi connectivity index (χ0n) is 17.9. The number of aromatic nitrogens is 4. The normalized spacial score (nSPS) is 11.1. The van der Waals surface area contributed by atoms with E-state index in [1.807, 2.05) is 69.3 Å². The molecule has 31 heavy (non-hydrogen) atoms. The van der Waals surface area contributed by atoms with Crippen LogP contribution < -0.4 is 10.5 Å². The SMILES string of the molecule is CCN(C(=O)CCn1cnc2c(cnn2-c2ccc(C)cc2)c1=O)c1ccccc1C. The fourth-order valence-electron chi connectivity index (χ4n) is 3.68. The maximum atomic E-state index is 12.9. The molecule has 0 atom stereocenters. The highest BCUT2D eigenvalue weighted by Crippen LogP contribution is 2.20. The fourth-order valence-corrected chi connectivity index (χ4v) is 3.68. The smallest absolute Gasteiger partial charge is 0.264 e. The van der Waals surface area contributed by atoms with Crippen molar-refractivity contribution in [2.24, 2.45) is 0 Å². The van der Waals surface area contributed by atoms with Crippen LogP contribution in [0.4, 0.5) is 5.69 Å². The van der Waals surface area contributed by atoms with Crippen molar-refractivity contribution in [3.05, 3.63) is 82.5 Å². The van der Waals surface area contributed by atoms with Gasteiger partial charge in [-0.15, -0.1) is 0 Å². The second-order valence-electron chi connectivity index (χ2n) is 7.55. The Bertz CT molecular complexity index is 1290. The van der Waals surface area contributed by atoms with Crippen LogP contribution in [0, 0.1) is 13.8 Å². The third-order valence-electron chi connectivity index (χ3n) is 5.42. The number of para-hydroxylation sites is 1. The summed E-state index contributed by atoms with van der Waals surface area (Å²) in [5.41, 5.74) is 4.24. The number of carbonyl (C=O) groups is 1. The number of fused-ring (bicyclic) bond motifs is 1. The summed E-state index contributed by atoms with van der Waals surface area (Å²) < 4.78 is 3.13. The van der Waals surface area contributed by atoms with Crippen molar-refractivity contribution >= 4 is 22.6 Å². The molecule has 7 heteroatoms. The van der Waals surface area contributed by atoms with Crippen molar-refractivity contribution in [1.29, 1.82) is 0 Å². The number of rotatable bonds is 6. The van der Waals surface area contributed by atoms with Gasteiger partial charge in [-0.3, -0.25) is 14.2 Å². The van der Waals surface area contributed by atoms with Crippen molar-refractivity contribution < 1.29 is 4.79 Å². The molecule has 0 aliphatic heterocycles. The van der Waals surface area contributed by atoms with Gasteiger partial charge in [0.1, 0.15) is 5.39 Å². The summed E-state index contributed by atoms with van der Waals surface area (Å²) in [6, 6.07) is 15.7. The molecule has 158 valence electrons. The summed E-state index contributed by atoms with van der Waals surface area (Å²) in [5, 5.41) is 4.78. The Labute approximate surface area is 180 Å². The van der Waals surface area contributed by atoms with Crippen LogP contribution in [0.3, 0.4) is 0 Å². The van der Waals surface area contributed by atoms with Gasteiger partial charge < -0.3 is 4.90 Å². The molecule has 0 saturated heterocycles. The lowest BCUT2D eigenvalue weighted by Crippen LogP contribution is -2.33. The van der Waals surface area contributed by atoms with Gasteiger partial charge >= 0.3 is 0 Å². The van der Waals surface area contributed by atoms with E-state index >= 15 is 0 Å². The number of amides is 1. The standard InChI is InChI=1S/C24H25N5O2/c1-4-28(21-8-6-5-7-18(21)3)22(30)13-14-27-16-25-23-20(24(27)31)15-26-29(23)19-11-9-17(2)10-12-19/h5-12,15-16H,4,13-14H2,1-3H3. The van der Waals surface area contributed by atoms with Crippen molar-refractivity contribution in [3.8, 4) is 5.69 Å². The number of hydrogen-bond acceptors (Lipinski definition) is 4. The predicted molar refractivity (Wildman–Crippen MR) is 122 cm³/mol. The van der Waals surface area contributed by atoms with Crippen LogP contribution in [0.5, 0.6) is 0 Å². The van der Waals surface area contributed by atoms with Crippen molar-refractivity contribution in [2.45, 2.75) is 33.7 Å². The van der Waals surface area contributed by atoms with Crippen molar-refractivity contribution in [3.63, 3.8) is 0 Å². The number of carbonyl (C=O) groups excluding carboxylic acids is 1. The Morgan fingerprint density at radius 3 is 2.52 bits per heavy atom. The van der Waals surface area contributed by atoms with Gasteiger partial charge in [0, 0.05) is 25.2 Å². The number of hydrogen-bond donors (Lipinski definition) is 0. The van der Waals surface area contributed by atoms with Gasteiger partial charge in [-0.25, -0.2) is 9.67 Å². The summed E-state index contributed by atoms with van der Waals surface area (Å²) >= 11 is 0. The lowest BCUT2D eigenvalue weighted by Gasteiger charge is -2.23. The molecule has 0 N–H and O–H groups in total. The first-order valence-electron chi connectivity index (χ1n) is 10.4. The Morgan fingerprint density at radius 1 is 1.06 bits per heavy atom. The average molecular weight is 415 g/mol. The van der Waals surface area contributed by atoms with Crippen LogP contribution >= 0.6 is 0 Å². The van der Waals surface area contributed by atoms with E-state index in [4.69, 9.17) is 0 Å². The van der Waals surface area contributed by atoms with Crippen LogP contribution in [-0.2, 0) is 11.3 Å². The first-order chi connectivity index (χ1) is 15.0. The highest BCUT2D eigenvalue weighted by molar-refractivity contribution is 5.94. The van der Waals surface area contributed by atoms with Crippen LogP contribution in [0.15, 0.2) is 65.8 Å². The van der Waals surface area contributed by atoms with Gasteiger partial charge in [-0.2, -0.15) is 5.10 Å². The summed E-state index contributed by atoms with van der Waals surface area (Å²) in [5.74, 6) is -0.0286. The second-order valence-corrected chi connectivity index (χ2v) is 7.55. The van der Waals surface area contributed by atoms with Crippen molar-refractivity contribution in [1.82, 2.24) is 19.3 Å². The molecule has 2 heterocycles. The van der Waals surface area contributed by atoms with Crippen LogP contribution in [0.1, 0.15) is 24.5 Å². The van der Waals surface area contributed by atoms with Gasteiger partial charge in [0.05, 0.1) is 18.2 Å². The molecular formula is C24H25N5O2. The van der Waals surface area contributed by atoms with E-state index in [1.54, 1.807) is 9.58 Å². The first kappa shape index (κ1) is 20.5. The molecule has 2 aromatic heterocycles. The molecule has 0 fully saturated rings. The van der Waals surface area contributed by atoms with E-state index in [1.165, 1.54) is 17.1 Å². The van der Waals surface area contributed by atoms with Gasteiger partial charge in [-0.05, 0) is 44.5 Å². The van der Waals surface area contributed by atoms with Crippen LogP contribution in [0.25, 0.3) is 16.7 Å². The van der Waals surface area contributed by atoms with E-state index in [0.717, 1.165) is 22.5 Å². The highest BCUT2D eigenvalue weighted by Gasteiger charge is 2.17. The monoisotopic (exact) mass is 415 g/mol. The van der Waals surface area contributed by atoms with Gasteiger partial charge in [0.15, 0.2) is 5.65 Å². The molecule has 0 saturated carbocycles.